The molecule has 0 bridgehead atoms. The molecule has 0 aliphatic carbocycles. The fourth-order valence-corrected chi connectivity index (χ4v) is 3.33. The zero-order valence-electron chi connectivity index (χ0n) is 15.6. The van der Waals surface area contributed by atoms with E-state index in [9.17, 15) is 9.59 Å². The number of nitrogens with one attached hydrogen (secondary N) is 1. The van der Waals surface area contributed by atoms with E-state index >= 15 is 0 Å². The van der Waals surface area contributed by atoms with Gasteiger partial charge >= 0.3 is 0 Å². The van der Waals surface area contributed by atoms with Crippen LogP contribution in [0.3, 0.4) is 0 Å². The summed E-state index contributed by atoms with van der Waals surface area (Å²) < 4.78 is 3.34. The maximum Gasteiger partial charge on any atom is 0.255 e. The average Bonchev–Trinajstić information content (AvgIpc) is 3.14. The van der Waals surface area contributed by atoms with Crippen LogP contribution in [0.25, 0.3) is 16.6 Å². The predicted molar refractivity (Wildman–Crippen MR) is 114 cm³/mol. The van der Waals surface area contributed by atoms with Gasteiger partial charge in [-0.25, -0.2) is 0 Å². The van der Waals surface area contributed by atoms with Crippen molar-refractivity contribution < 1.29 is 4.79 Å². The van der Waals surface area contributed by atoms with Gasteiger partial charge in [-0.05, 0) is 42.8 Å². The van der Waals surface area contributed by atoms with Crippen LogP contribution in [0.1, 0.15) is 16.8 Å². The smallest absolute Gasteiger partial charge is 0.255 e. The zero-order valence-corrected chi connectivity index (χ0v) is 16.3. The summed E-state index contributed by atoms with van der Waals surface area (Å²) in [5, 5.41) is 8.97. The number of benzene rings is 2. The molecule has 0 saturated heterocycles. The van der Waals surface area contributed by atoms with E-state index in [4.69, 9.17) is 11.6 Å². The maximum absolute atomic E-state index is 12.5. The Hall–Kier alpha value is -3.38. The molecule has 6 nitrogen and oxygen atoms in total. The molecule has 146 valence electrons. The number of fused-ring (bicyclic) bond motifs is 1. The van der Waals surface area contributed by atoms with Crippen LogP contribution in [-0.4, -0.2) is 26.8 Å². The Morgan fingerprint density at radius 1 is 1.07 bits per heavy atom. The molecule has 0 atom stereocenters. The van der Waals surface area contributed by atoms with Gasteiger partial charge in [0, 0.05) is 41.4 Å². The minimum Gasteiger partial charge on any atom is -0.352 e. The zero-order chi connectivity index (χ0) is 20.2. The molecule has 0 aliphatic heterocycles. The topological polar surface area (TPSA) is 68.9 Å². The molecule has 0 aliphatic rings. The highest BCUT2D eigenvalue weighted by molar-refractivity contribution is 6.31. The van der Waals surface area contributed by atoms with Gasteiger partial charge < -0.3 is 5.32 Å². The number of hydrogen-bond donors (Lipinski definition) is 1. The number of halogens is 1. The molecule has 1 N–H and O–H groups in total. The third kappa shape index (κ3) is 4.22. The Morgan fingerprint density at radius 3 is 2.72 bits per heavy atom. The Labute approximate surface area is 172 Å². The Kier molecular flexibility index (Phi) is 5.44. The molecular weight excluding hydrogens is 388 g/mol. The van der Waals surface area contributed by atoms with E-state index in [2.05, 4.69) is 10.4 Å². The van der Waals surface area contributed by atoms with E-state index in [1.807, 2.05) is 53.2 Å². The molecule has 0 spiro atoms. The molecule has 2 aromatic carbocycles. The summed E-state index contributed by atoms with van der Waals surface area (Å²) in [6, 6.07) is 17.8. The lowest BCUT2D eigenvalue weighted by atomic mass is 10.2. The van der Waals surface area contributed by atoms with Crippen LogP contribution in [0, 0.1) is 0 Å². The number of amides is 1. The number of nitrogens with zero attached hydrogens (tertiary/aromatic N) is 3. The van der Waals surface area contributed by atoms with Crippen molar-refractivity contribution in [1.82, 2.24) is 19.7 Å². The summed E-state index contributed by atoms with van der Waals surface area (Å²) in [7, 11) is 0. The van der Waals surface area contributed by atoms with Gasteiger partial charge in [0.15, 0.2) is 0 Å². The molecular formula is C22H19ClN4O2. The number of carbonyl (C=O) groups excluding carboxylic acids is 1. The van der Waals surface area contributed by atoms with Crippen LogP contribution in [-0.2, 0) is 6.54 Å². The van der Waals surface area contributed by atoms with Crippen molar-refractivity contribution >= 4 is 28.4 Å². The van der Waals surface area contributed by atoms with Crippen LogP contribution in [0.5, 0.6) is 0 Å². The second-order valence-electron chi connectivity index (χ2n) is 6.64. The minimum absolute atomic E-state index is 0.183. The van der Waals surface area contributed by atoms with Crippen LogP contribution in [0.2, 0.25) is 5.02 Å². The fourth-order valence-electron chi connectivity index (χ4n) is 3.17. The summed E-state index contributed by atoms with van der Waals surface area (Å²) >= 11 is 6.06. The van der Waals surface area contributed by atoms with Gasteiger partial charge in [-0.15, -0.1) is 0 Å². The number of rotatable bonds is 6. The molecule has 2 aromatic heterocycles. The van der Waals surface area contributed by atoms with E-state index in [0.29, 0.717) is 30.1 Å². The molecule has 0 unspecified atom stereocenters. The lowest BCUT2D eigenvalue weighted by molar-refractivity contribution is 0.0952. The summed E-state index contributed by atoms with van der Waals surface area (Å²) in [4.78, 5) is 24.6. The van der Waals surface area contributed by atoms with Crippen LogP contribution < -0.4 is 10.9 Å². The molecule has 1 amide bonds. The van der Waals surface area contributed by atoms with Crippen LogP contribution in [0.15, 0.2) is 77.9 Å². The van der Waals surface area contributed by atoms with E-state index in [0.717, 1.165) is 16.6 Å². The Morgan fingerprint density at radius 2 is 1.90 bits per heavy atom. The van der Waals surface area contributed by atoms with Crippen LogP contribution in [0.4, 0.5) is 0 Å². The van der Waals surface area contributed by atoms with E-state index < -0.39 is 0 Å². The second-order valence-corrected chi connectivity index (χ2v) is 7.08. The molecule has 4 rings (SSSR count). The Bertz CT molecular complexity index is 1210. The monoisotopic (exact) mass is 406 g/mol. The van der Waals surface area contributed by atoms with Crippen molar-refractivity contribution in [2.75, 3.05) is 6.54 Å². The predicted octanol–water partition coefficient (Wildman–Crippen LogP) is 3.66. The molecule has 0 saturated carbocycles. The lowest BCUT2D eigenvalue weighted by Crippen LogP contribution is -2.27. The van der Waals surface area contributed by atoms with Crippen molar-refractivity contribution in [2.24, 2.45) is 0 Å². The molecule has 4 aromatic rings. The summed E-state index contributed by atoms with van der Waals surface area (Å²) in [6.45, 7) is 1.15. The minimum atomic E-state index is -0.219. The quantitative estimate of drug-likeness (QED) is 0.497. The molecule has 0 radical (unpaired) electrons. The number of aromatic nitrogens is 3. The molecule has 29 heavy (non-hydrogen) atoms. The number of aryl methyl sites for hydroxylation is 1. The summed E-state index contributed by atoms with van der Waals surface area (Å²) in [6.07, 6.45) is 4.08. The maximum atomic E-state index is 12.5. The average molecular weight is 407 g/mol. The van der Waals surface area contributed by atoms with Gasteiger partial charge in [0.05, 0.1) is 17.3 Å². The van der Waals surface area contributed by atoms with E-state index in [-0.39, 0.29) is 11.5 Å². The van der Waals surface area contributed by atoms with Gasteiger partial charge in [-0.1, -0.05) is 29.8 Å². The third-order valence-electron chi connectivity index (χ3n) is 4.65. The van der Waals surface area contributed by atoms with Crippen LogP contribution >= 0.6 is 11.6 Å². The highest BCUT2D eigenvalue weighted by atomic mass is 35.5. The number of para-hydroxylation sites is 1. The highest BCUT2D eigenvalue weighted by Crippen LogP contribution is 2.19. The van der Waals surface area contributed by atoms with Gasteiger partial charge in [0.2, 0.25) is 0 Å². The largest absolute Gasteiger partial charge is 0.352 e. The van der Waals surface area contributed by atoms with Gasteiger partial charge in [-0.2, -0.15) is 5.10 Å². The first kappa shape index (κ1) is 19.0. The van der Waals surface area contributed by atoms with Crippen molar-refractivity contribution in [3.63, 3.8) is 0 Å². The number of hydrogen-bond acceptors (Lipinski definition) is 3. The molecule has 0 fully saturated rings. The first-order valence-corrected chi connectivity index (χ1v) is 9.67. The summed E-state index contributed by atoms with van der Waals surface area (Å²) in [5.74, 6) is -0.219. The number of carbonyl (C=O) groups is 1. The standard InChI is InChI=1S/C22H19ClN4O2/c23-18-9-7-16-14-25-27(20(16)13-18)12-4-11-24-22(29)17-8-10-21(28)26(15-17)19-5-2-1-3-6-19/h1-3,5-10,13-15H,4,11-12H2,(H,24,29). The van der Waals surface area contributed by atoms with Crippen molar-refractivity contribution in [2.45, 2.75) is 13.0 Å². The lowest BCUT2D eigenvalue weighted by Gasteiger charge is -2.09. The first-order valence-electron chi connectivity index (χ1n) is 9.29. The van der Waals surface area contributed by atoms with E-state index in [1.54, 1.807) is 18.5 Å². The molecule has 7 heteroatoms. The highest BCUT2D eigenvalue weighted by Gasteiger charge is 2.09. The van der Waals surface area contributed by atoms with Gasteiger partial charge in [0.25, 0.3) is 11.5 Å². The summed E-state index contributed by atoms with van der Waals surface area (Å²) in [5.41, 5.74) is 1.94. The van der Waals surface area contributed by atoms with Gasteiger partial charge in [0.1, 0.15) is 0 Å². The van der Waals surface area contributed by atoms with E-state index in [1.165, 1.54) is 10.6 Å². The Balaban J connectivity index is 1.39. The third-order valence-corrected chi connectivity index (χ3v) is 4.88. The van der Waals surface area contributed by atoms with Crippen molar-refractivity contribution in [3.8, 4) is 5.69 Å². The van der Waals surface area contributed by atoms with Gasteiger partial charge in [-0.3, -0.25) is 18.8 Å². The normalized spacial score (nSPS) is 10.9. The first-order chi connectivity index (χ1) is 14.1. The van der Waals surface area contributed by atoms with Crippen molar-refractivity contribution in [1.29, 1.82) is 0 Å². The molecule has 2 heterocycles. The second kappa shape index (κ2) is 8.32. The SMILES string of the molecule is O=C(NCCCn1ncc2ccc(Cl)cc21)c1ccc(=O)n(-c2ccccc2)c1. The number of pyridine rings is 1. The fraction of sp³-hybridized carbons (Fsp3) is 0.136. The van der Waals surface area contributed by atoms with Crippen molar-refractivity contribution in [3.05, 3.63) is 94.0 Å².